The van der Waals surface area contributed by atoms with Crippen molar-refractivity contribution in [2.24, 2.45) is 0 Å². The second-order valence-corrected chi connectivity index (χ2v) is 7.73. The Morgan fingerprint density at radius 1 is 0.850 bits per heavy atom. The first-order valence-corrected chi connectivity index (χ1v) is 7.96. The van der Waals surface area contributed by atoms with E-state index in [0.29, 0.717) is 0 Å². The Bertz CT molecular complexity index is 619. The van der Waals surface area contributed by atoms with E-state index >= 15 is 0 Å². The maximum absolute atomic E-state index is 2.25. The zero-order valence-corrected chi connectivity index (χ0v) is 14.2. The average molecular weight is 284 g/mol. The molecule has 1 heteroatoms. The fraction of sp³-hybridized carbons (Fsp3) is 0.368. The minimum Gasteiger partial charge on any atom is -0.141 e. The molecule has 0 aliphatic heterocycles. The van der Waals surface area contributed by atoms with Gasteiger partial charge in [-0.05, 0) is 54.5 Å². The van der Waals surface area contributed by atoms with Crippen LogP contribution >= 0.6 is 11.3 Å². The van der Waals surface area contributed by atoms with Gasteiger partial charge < -0.3 is 0 Å². The molecule has 0 radical (unpaired) electrons. The quantitative estimate of drug-likeness (QED) is 0.621. The van der Waals surface area contributed by atoms with Gasteiger partial charge in [-0.25, -0.2) is 0 Å². The van der Waals surface area contributed by atoms with Crippen molar-refractivity contribution in [2.75, 3.05) is 0 Å². The van der Waals surface area contributed by atoms with Gasteiger partial charge in [0.1, 0.15) is 0 Å². The van der Waals surface area contributed by atoms with Crippen LogP contribution in [0.15, 0.2) is 24.3 Å². The van der Waals surface area contributed by atoms with E-state index in [2.05, 4.69) is 78.0 Å². The third kappa shape index (κ3) is 3.21. The summed E-state index contributed by atoms with van der Waals surface area (Å²) in [5.41, 5.74) is 5.71. The van der Waals surface area contributed by atoms with E-state index in [9.17, 15) is 0 Å². The number of benzene rings is 1. The van der Waals surface area contributed by atoms with E-state index in [1.165, 1.54) is 32.0 Å². The molecule has 0 saturated heterocycles. The van der Waals surface area contributed by atoms with Crippen molar-refractivity contribution < 1.29 is 0 Å². The van der Waals surface area contributed by atoms with Crippen molar-refractivity contribution in [1.82, 2.24) is 0 Å². The predicted molar refractivity (Wildman–Crippen MR) is 92.6 cm³/mol. The van der Waals surface area contributed by atoms with E-state index in [1.54, 1.807) is 0 Å². The maximum Gasteiger partial charge on any atom is 0.0305 e. The summed E-state index contributed by atoms with van der Waals surface area (Å²) in [5, 5.41) is 0. The van der Waals surface area contributed by atoms with Gasteiger partial charge in [-0.1, -0.05) is 51.1 Å². The summed E-state index contributed by atoms with van der Waals surface area (Å²) in [6.07, 6.45) is 4.45. The van der Waals surface area contributed by atoms with Crippen molar-refractivity contribution in [3.8, 4) is 0 Å². The SMILES string of the molecule is Cc1sc(/C=C/c2ccc(C(C)(C)C)cc2)c(C)c1C. The van der Waals surface area contributed by atoms with Gasteiger partial charge in [-0.3, -0.25) is 0 Å². The summed E-state index contributed by atoms with van der Waals surface area (Å²) in [5.74, 6) is 0. The van der Waals surface area contributed by atoms with Gasteiger partial charge in [-0.15, -0.1) is 11.3 Å². The lowest BCUT2D eigenvalue weighted by atomic mass is 9.87. The molecule has 2 rings (SSSR count). The van der Waals surface area contributed by atoms with Crippen LogP contribution in [0.1, 0.15) is 52.8 Å². The molecule has 0 atom stereocenters. The van der Waals surface area contributed by atoms with Crippen LogP contribution in [0, 0.1) is 20.8 Å². The summed E-state index contributed by atoms with van der Waals surface area (Å²) < 4.78 is 0. The summed E-state index contributed by atoms with van der Waals surface area (Å²) >= 11 is 1.88. The first kappa shape index (κ1) is 15.1. The molecule has 0 aliphatic carbocycles. The number of hydrogen-bond acceptors (Lipinski definition) is 1. The van der Waals surface area contributed by atoms with Gasteiger partial charge in [0.2, 0.25) is 0 Å². The smallest absolute Gasteiger partial charge is 0.0305 e. The molecule has 20 heavy (non-hydrogen) atoms. The zero-order valence-electron chi connectivity index (χ0n) is 13.4. The number of hydrogen-bond donors (Lipinski definition) is 0. The standard InChI is InChI=1S/C19H24S/c1-13-14(2)18(20-15(13)3)12-9-16-7-10-17(11-8-16)19(4,5)6/h7-12H,1-6H3/b12-9+. The van der Waals surface area contributed by atoms with Gasteiger partial charge in [-0.2, -0.15) is 0 Å². The van der Waals surface area contributed by atoms with Gasteiger partial charge in [0, 0.05) is 9.75 Å². The molecule has 0 unspecified atom stereocenters. The summed E-state index contributed by atoms with van der Waals surface area (Å²) in [6, 6.07) is 8.88. The Kier molecular flexibility index (Phi) is 4.19. The lowest BCUT2D eigenvalue weighted by molar-refractivity contribution is 0.590. The molecular weight excluding hydrogens is 260 g/mol. The van der Waals surface area contributed by atoms with Crippen molar-refractivity contribution in [3.05, 3.63) is 56.3 Å². The molecule has 0 N–H and O–H groups in total. The van der Waals surface area contributed by atoms with E-state index in [0.717, 1.165) is 0 Å². The highest BCUT2D eigenvalue weighted by Crippen LogP contribution is 2.28. The second-order valence-electron chi connectivity index (χ2n) is 6.48. The minimum absolute atomic E-state index is 0.223. The van der Waals surface area contributed by atoms with E-state index < -0.39 is 0 Å². The Balaban J connectivity index is 2.21. The molecule has 1 aromatic carbocycles. The fourth-order valence-corrected chi connectivity index (χ4v) is 3.27. The largest absolute Gasteiger partial charge is 0.141 e. The topological polar surface area (TPSA) is 0 Å². The number of rotatable bonds is 2. The molecule has 1 heterocycles. The molecule has 0 aliphatic rings. The van der Waals surface area contributed by atoms with Gasteiger partial charge in [0.15, 0.2) is 0 Å². The second kappa shape index (κ2) is 5.57. The zero-order chi connectivity index (χ0) is 14.9. The Labute approximate surface area is 127 Å². The third-order valence-electron chi connectivity index (χ3n) is 3.93. The van der Waals surface area contributed by atoms with Crippen LogP contribution in [0.3, 0.4) is 0 Å². The van der Waals surface area contributed by atoms with Crippen LogP contribution in [0.25, 0.3) is 12.2 Å². The molecule has 2 aromatic rings. The predicted octanol–water partition coefficient (Wildman–Crippen LogP) is 6.14. The molecule has 1 aromatic heterocycles. The van der Waals surface area contributed by atoms with E-state index in [-0.39, 0.29) is 5.41 Å². The molecule has 0 spiro atoms. The molecule has 106 valence electrons. The Morgan fingerprint density at radius 3 is 1.90 bits per heavy atom. The van der Waals surface area contributed by atoms with Crippen molar-refractivity contribution in [1.29, 1.82) is 0 Å². The molecule has 0 saturated carbocycles. The highest BCUT2D eigenvalue weighted by Gasteiger charge is 2.12. The lowest BCUT2D eigenvalue weighted by Crippen LogP contribution is -2.10. The number of aryl methyl sites for hydroxylation is 1. The average Bonchev–Trinajstić information content (AvgIpc) is 2.63. The maximum atomic E-state index is 2.25. The molecular formula is C19H24S. The summed E-state index contributed by atoms with van der Waals surface area (Å²) in [7, 11) is 0. The fourth-order valence-electron chi connectivity index (χ4n) is 2.19. The van der Waals surface area contributed by atoms with E-state index in [4.69, 9.17) is 0 Å². The minimum atomic E-state index is 0.223. The van der Waals surface area contributed by atoms with Crippen molar-refractivity contribution >= 4 is 23.5 Å². The van der Waals surface area contributed by atoms with Crippen LogP contribution < -0.4 is 0 Å². The lowest BCUT2D eigenvalue weighted by Gasteiger charge is -2.18. The van der Waals surface area contributed by atoms with Crippen LogP contribution in [0.2, 0.25) is 0 Å². The Hall–Kier alpha value is -1.34. The van der Waals surface area contributed by atoms with Gasteiger partial charge in [0.25, 0.3) is 0 Å². The molecule has 0 amide bonds. The number of thiophene rings is 1. The van der Waals surface area contributed by atoms with E-state index in [1.807, 2.05) is 11.3 Å². The van der Waals surface area contributed by atoms with Crippen LogP contribution in [0.4, 0.5) is 0 Å². The summed E-state index contributed by atoms with van der Waals surface area (Å²) in [6.45, 7) is 13.4. The molecule has 0 fully saturated rings. The first-order valence-electron chi connectivity index (χ1n) is 7.14. The molecule has 0 bridgehead atoms. The van der Waals surface area contributed by atoms with Crippen LogP contribution in [-0.2, 0) is 5.41 Å². The summed E-state index contributed by atoms with van der Waals surface area (Å²) in [4.78, 5) is 2.80. The van der Waals surface area contributed by atoms with Crippen LogP contribution in [0.5, 0.6) is 0 Å². The van der Waals surface area contributed by atoms with Gasteiger partial charge >= 0.3 is 0 Å². The first-order chi connectivity index (χ1) is 9.29. The third-order valence-corrected chi connectivity index (χ3v) is 5.20. The van der Waals surface area contributed by atoms with Crippen molar-refractivity contribution in [2.45, 2.75) is 47.0 Å². The highest BCUT2D eigenvalue weighted by molar-refractivity contribution is 7.13. The normalized spacial score (nSPS) is 12.3. The Morgan fingerprint density at radius 2 is 1.45 bits per heavy atom. The van der Waals surface area contributed by atoms with Gasteiger partial charge in [0.05, 0.1) is 0 Å². The molecule has 0 nitrogen and oxygen atoms in total. The monoisotopic (exact) mass is 284 g/mol. The van der Waals surface area contributed by atoms with Crippen LogP contribution in [-0.4, -0.2) is 0 Å². The van der Waals surface area contributed by atoms with Crippen molar-refractivity contribution in [3.63, 3.8) is 0 Å². The highest BCUT2D eigenvalue weighted by atomic mass is 32.1.